The van der Waals surface area contributed by atoms with E-state index in [0.717, 1.165) is 22.3 Å². The van der Waals surface area contributed by atoms with Gasteiger partial charge in [-0.25, -0.2) is 0 Å². The van der Waals surface area contributed by atoms with Crippen molar-refractivity contribution < 1.29 is 4.79 Å². The van der Waals surface area contributed by atoms with Gasteiger partial charge in [0.2, 0.25) is 5.91 Å². The maximum Gasteiger partial charge on any atom is 0.224 e. The topological polar surface area (TPSA) is 44.9 Å². The maximum atomic E-state index is 12.5. The molecule has 1 heterocycles. The molecule has 1 saturated carbocycles. The zero-order valence-electron chi connectivity index (χ0n) is 13.0. The molecule has 112 valence electrons. The van der Waals surface area contributed by atoms with Crippen LogP contribution in [-0.4, -0.2) is 10.9 Å². The van der Waals surface area contributed by atoms with Crippen LogP contribution in [0.25, 0.3) is 10.9 Å². The van der Waals surface area contributed by atoms with Crippen LogP contribution < -0.4 is 5.32 Å². The zero-order chi connectivity index (χ0) is 14.9. The Morgan fingerprint density at radius 2 is 1.95 bits per heavy atom. The summed E-state index contributed by atoms with van der Waals surface area (Å²) in [6.45, 7) is 4.27. The van der Waals surface area contributed by atoms with Gasteiger partial charge in [0, 0.05) is 23.0 Å². The summed E-state index contributed by atoms with van der Waals surface area (Å²) >= 11 is 0. The van der Waals surface area contributed by atoms with Gasteiger partial charge >= 0.3 is 0 Å². The molecule has 0 radical (unpaired) electrons. The lowest BCUT2D eigenvalue weighted by Crippen LogP contribution is -2.27. The molecule has 1 aromatic heterocycles. The number of amides is 1. The molecule has 1 aliphatic carbocycles. The van der Waals surface area contributed by atoms with E-state index < -0.39 is 0 Å². The van der Waals surface area contributed by atoms with Crippen molar-refractivity contribution >= 4 is 22.5 Å². The normalized spacial score (nSPS) is 17.8. The smallest absolute Gasteiger partial charge is 0.224 e. The standard InChI is InChI=1S/C18H24N2O/c1-13-17(14-8-4-5-9-15(14)19-13)20-16(21)12-18(2)10-6-3-7-11-18/h4-5,8-9,19H,3,6-7,10-12H2,1-2H3,(H,20,21). The molecule has 3 nitrogen and oxygen atoms in total. The largest absolute Gasteiger partial charge is 0.357 e. The predicted molar refractivity (Wildman–Crippen MR) is 87.5 cm³/mol. The van der Waals surface area contributed by atoms with Crippen LogP contribution in [0.4, 0.5) is 5.69 Å². The van der Waals surface area contributed by atoms with E-state index in [1.54, 1.807) is 0 Å². The van der Waals surface area contributed by atoms with Crippen molar-refractivity contribution in [3.8, 4) is 0 Å². The van der Waals surface area contributed by atoms with Crippen LogP contribution in [-0.2, 0) is 4.79 Å². The SMILES string of the molecule is Cc1[nH]c2ccccc2c1NC(=O)CC1(C)CCCCC1. The number of para-hydroxylation sites is 1. The Hall–Kier alpha value is -1.77. The van der Waals surface area contributed by atoms with Crippen LogP contribution in [0.15, 0.2) is 24.3 Å². The third-order valence-electron chi connectivity index (χ3n) is 4.81. The number of benzene rings is 1. The summed E-state index contributed by atoms with van der Waals surface area (Å²) in [7, 11) is 0. The summed E-state index contributed by atoms with van der Waals surface area (Å²) < 4.78 is 0. The molecule has 21 heavy (non-hydrogen) atoms. The minimum Gasteiger partial charge on any atom is -0.357 e. The first kappa shape index (κ1) is 14.2. The van der Waals surface area contributed by atoms with E-state index in [1.165, 1.54) is 32.1 Å². The van der Waals surface area contributed by atoms with Crippen LogP contribution in [0.3, 0.4) is 0 Å². The van der Waals surface area contributed by atoms with Crippen LogP contribution in [0, 0.1) is 12.3 Å². The van der Waals surface area contributed by atoms with Crippen molar-refractivity contribution in [1.82, 2.24) is 4.98 Å². The summed E-state index contributed by atoms with van der Waals surface area (Å²) in [4.78, 5) is 15.8. The molecule has 2 N–H and O–H groups in total. The second kappa shape index (κ2) is 5.55. The Balaban J connectivity index is 1.76. The first-order valence-electron chi connectivity index (χ1n) is 7.95. The molecule has 0 bridgehead atoms. The van der Waals surface area contributed by atoms with Crippen molar-refractivity contribution in [1.29, 1.82) is 0 Å². The lowest BCUT2D eigenvalue weighted by atomic mass is 9.73. The summed E-state index contributed by atoms with van der Waals surface area (Å²) in [5.41, 5.74) is 3.23. The summed E-state index contributed by atoms with van der Waals surface area (Å²) in [5.74, 6) is 0.146. The molecular formula is C18H24N2O. The minimum absolute atomic E-state index is 0.146. The number of aromatic nitrogens is 1. The molecule has 3 heteroatoms. The molecule has 1 amide bonds. The molecule has 0 atom stereocenters. The average Bonchev–Trinajstić information content (AvgIpc) is 2.75. The van der Waals surface area contributed by atoms with Crippen LogP contribution in [0.5, 0.6) is 0 Å². The fraction of sp³-hybridized carbons (Fsp3) is 0.500. The lowest BCUT2D eigenvalue weighted by Gasteiger charge is -2.32. The van der Waals surface area contributed by atoms with Gasteiger partial charge in [0.1, 0.15) is 0 Å². The Bertz CT molecular complexity index is 650. The molecule has 1 aromatic carbocycles. The molecular weight excluding hydrogens is 260 g/mol. The fourth-order valence-corrected chi connectivity index (χ4v) is 3.59. The van der Waals surface area contributed by atoms with Gasteiger partial charge in [0.05, 0.1) is 5.69 Å². The summed E-state index contributed by atoms with van der Waals surface area (Å²) in [5, 5.41) is 4.23. The first-order chi connectivity index (χ1) is 10.1. The van der Waals surface area contributed by atoms with E-state index in [2.05, 4.69) is 23.3 Å². The van der Waals surface area contributed by atoms with E-state index in [4.69, 9.17) is 0 Å². The lowest BCUT2D eigenvalue weighted by molar-refractivity contribution is -0.118. The molecule has 0 unspecified atom stereocenters. The molecule has 0 spiro atoms. The summed E-state index contributed by atoms with van der Waals surface area (Å²) in [6, 6.07) is 8.11. The molecule has 0 aliphatic heterocycles. The number of anilines is 1. The minimum atomic E-state index is 0.146. The maximum absolute atomic E-state index is 12.5. The van der Waals surface area contributed by atoms with Gasteiger partial charge in [-0.15, -0.1) is 0 Å². The second-order valence-corrected chi connectivity index (χ2v) is 6.77. The number of rotatable bonds is 3. The highest BCUT2D eigenvalue weighted by molar-refractivity contribution is 6.03. The Labute approximate surface area is 126 Å². The average molecular weight is 284 g/mol. The molecule has 1 fully saturated rings. The molecule has 0 saturated heterocycles. The van der Waals surface area contributed by atoms with Crippen LogP contribution in [0.1, 0.15) is 51.1 Å². The molecule has 2 aromatic rings. The number of hydrogen-bond acceptors (Lipinski definition) is 1. The predicted octanol–water partition coefficient (Wildman–Crippen LogP) is 4.78. The highest BCUT2D eigenvalue weighted by Crippen LogP contribution is 2.39. The van der Waals surface area contributed by atoms with Crippen LogP contribution >= 0.6 is 0 Å². The van der Waals surface area contributed by atoms with E-state index in [-0.39, 0.29) is 11.3 Å². The number of aromatic amines is 1. The number of hydrogen-bond donors (Lipinski definition) is 2. The Kier molecular flexibility index (Phi) is 3.75. The highest BCUT2D eigenvalue weighted by atomic mass is 16.1. The quantitative estimate of drug-likeness (QED) is 0.837. The van der Waals surface area contributed by atoms with Crippen molar-refractivity contribution in [2.45, 2.75) is 52.4 Å². The van der Waals surface area contributed by atoms with E-state index in [0.29, 0.717) is 6.42 Å². The Morgan fingerprint density at radius 3 is 2.71 bits per heavy atom. The third kappa shape index (κ3) is 2.97. The van der Waals surface area contributed by atoms with E-state index in [1.807, 2.05) is 25.1 Å². The van der Waals surface area contributed by atoms with Gasteiger partial charge in [-0.05, 0) is 31.2 Å². The first-order valence-corrected chi connectivity index (χ1v) is 7.95. The number of fused-ring (bicyclic) bond motifs is 1. The van der Waals surface area contributed by atoms with Crippen LogP contribution in [0.2, 0.25) is 0 Å². The fourth-order valence-electron chi connectivity index (χ4n) is 3.59. The van der Waals surface area contributed by atoms with Crippen molar-refractivity contribution in [3.63, 3.8) is 0 Å². The van der Waals surface area contributed by atoms with Gasteiger partial charge in [-0.1, -0.05) is 44.4 Å². The number of carbonyl (C=O) groups is 1. The number of aryl methyl sites for hydroxylation is 1. The van der Waals surface area contributed by atoms with E-state index >= 15 is 0 Å². The van der Waals surface area contributed by atoms with Crippen molar-refractivity contribution in [2.75, 3.05) is 5.32 Å². The van der Waals surface area contributed by atoms with Crippen molar-refractivity contribution in [3.05, 3.63) is 30.0 Å². The van der Waals surface area contributed by atoms with E-state index in [9.17, 15) is 4.79 Å². The highest BCUT2D eigenvalue weighted by Gasteiger charge is 2.29. The molecule has 3 rings (SSSR count). The molecule has 1 aliphatic rings. The Morgan fingerprint density at radius 1 is 1.24 bits per heavy atom. The van der Waals surface area contributed by atoms with Gasteiger partial charge < -0.3 is 10.3 Å². The van der Waals surface area contributed by atoms with Gasteiger partial charge in [-0.3, -0.25) is 4.79 Å². The third-order valence-corrected chi connectivity index (χ3v) is 4.81. The monoisotopic (exact) mass is 284 g/mol. The second-order valence-electron chi connectivity index (χ2n) is 6.77. The number of H-pyrrole nitrogens is 1. The number of carbonyl (C=O) groups excluding carboxylic acids is 1. The summed E-state index contributed by atoms with van der Waals surface area (Å²) in [6.07, 6.45) is 6.82. The van der Waals surface area contributed by atoms with Gasteiger partial charge in [0.25, 0.3) is 0 Å². The zero-order valence-corrected chi connectivity index (χ0v) is 13.0. The van der Waals surface area contributed by atoms with Crippen molar-refractivity contribution in [2.24, 2.45) is 5.41 Å². The number of nitrogens with one attached hydrogen (secondary N) is 2. The van der Waals surface area contributed by atoms with Gasteiger partial charge in [0.15, 0.2) is 0 Å². The van der Waals surface area contributed by atoms with Gasteiger partial charge in [-0.2, -0.15) is 0 Å².